The van der Waals surface area contributed by atoms with Gasteiger partial charge in [0.05, 0.1) is 5.60 Å². The zero-order chi connectivity index (χ0) is 14.6. The average molecular weight is 281 g/mol. The van der Waals surface area contributed by atoms with Crippen molar-refractivity contribution in [2.75, 3.05) is 6.61 Å². The van der Waals surface area contributed by atoms with E-state index in [-0.39, 0.29) is 23.5 Å². The van der Waals surface area contributed by atoms with Gasteiger partial charge in [-0.3, -0.25) is 9.59 Å². The first-order valence-electron chi connectivity index (χ1n) is 7.39. The molecule has 1 saturated heterocycles. The van der Waals surface area contributed by atoms with Crippen LogP contribution in [0.4, 0.5) is 0 Å². The highest BCUT2D eigenvalue weighted by Crippen LogP contribution is 2.31. The molecule has 0 aromatic rings. The van der Waals surface area contributed by atoms with E-state index in [4.69, 9.17) is 4.74 Å². The monoisotopic (exact) mass is 281 g/mol. The van der Waals surface area contributed by atoms with E-state index in [0.29, 0.717) is 25.2 Å². The second-order valence-corrected chi connectivity index (χ2v) is 5.50. The van der Waals surface area contributed by atoms with E-state index < -0.39 is 0 Å². The molecule has 0 spiro atoms. The molecule has 2 N–H and O–H groups in total. The average Bonchev–Trinajstić information content (AvgIpc) is 2.48. The minimum atomic E-state index is -0.169. The van der Waals surface area contributed by atoms with E-state index in [0.717, 1.165) is 25.7 Å². The zero-order valence-corrected chi connectivity index (χ0v) is 12.2. The Bertz CT molecular complexity index is 416. The van der Waals surface area contributed by atoms with Crippen molar-refractivity contribution in [3.8, 4) is 0 Å². The lowest BCUT2D eigenvalue weighted by atomic mass is 9.86. The highest BCUT2D eigenvalue weighted by atomic mass is 16.5. The zero-order valence-electron chi connectivity index (χ0n) is 12.2. The highest BCUT2D eigenvalue weighted by molar-refractivity contribution is 6.39. The Hall–Kier alpha value is -1.43. The quantitative estimate of drug-likeness (QED) is 0.810. The fraction of sp³-hybridized carbons (Fsp3) is 0.786. The minimum Gasteiger partial charge on any atom is -0.375 e. The second kappa shape index (κ2) is 6.35. The molecule has 0 radical (unpaired) electrons. The van der Waals surface area contributed by atoms with Crippen molar-refractivity contribution in [2.45, 2.75) is 64.0 Å². The van der Waals surface area contributed by atoms with Crippen molar-refractivity contribution >= 4 is 17.5 Å². The van der Waals surface area contributed by atoms with Gasteiger partial charge in [0, 0.05) is 25.5 Å². The molecule has 20 heavy (non-hydrogen) atoms. The third-order valence-electron chi connectivity index (χ3n) is 4.28. The van der Waals surface area contributed by atoms with Crippen molar-refractivity contribution in [2.24, 2.45) is 5.10 Å². The minimum absolute atomic E-state index is 0.112. The van der Waals surface area contributed by atoms with E-state index in [9.17, 15) is 9.59 Å². The van der Waals surface area contributed by atoms with Gasteiger partial charge in [-0.05, 0) is 25.7 Å². The van der Waals surface area contributed by atoms with Gasteiger partial charge < -0.3 is 10.1 Å². The molecule has 1 unspecified atom stereocenters. The Kier molecular flexibility index (Phi) is 4.75. The van der Waals surface area contributed by atoms with Crippen molar-refractivity contribution in [3.63, 3.8) is 0 Å². The molecule has 0 aromatic heterocycles. The fourth-order valence-electron chi connectivity index (χ4n) is 2.80. The number of amides is 2. The van der Waals surface area contributed by atoms with Crippen LogP contribution in [0.15, 0.2) is 5.10 Å². The lowest BCUT2D eigenvalue weighted by Gasteiger charge is -2.40. The summed E-state index contributed by atoms with van der Waals surface area (Å²) in [6.07, 6.45) is 4.31. The summed E-state index contributed by atoms with van der Waals surface area (Å²) in [4.78, 5) is 23.1. The third-order valence-corrected chi connectivity index (χ3v) is 4.28. The van der Waals surface area contributed by atoms with Gasteiger partial charge in [-0.1, -0.05) is 13.8 Å². The van der Waals surface area contributed by atoms with Crippen LogP contribution in [0.1, 0.15) is 52.4 Å². The molecule has 2 rings (SSSR count). The first-order chi connectivity index (χ1) is 9.58. The molecule has 0 bridgehead atoms. The number of hydrogen-bond acceptors (Lipinski definition) is 4. The molecule has 0 saturated carbocycles. The van der Waals surface area contributed by atoms with Crippen LogP contribution in [0.2, 0.25) is 0 Å². The summed E-state index contributed by atoms with van der Waals surface area (Å²) in [5, 5.41) is 6.85. The standard InChI is InChI=1S/C14H23N3O3/c1-3-14(4-2)9-10(7-8-20-14)15-13(19)11-5-6-12(18)17-16-11/h10H,3-9H2,1-2H3,(H,15,19)(H,17,18). The number of ether oxygens (including phenoxy) is 1. The molecule has 6 heteroatoms. The number of hydrogen-bond donors (Lipinski definition) is 2. The van der Waals surface area contributed by atoms with Crippen molar-refractivity contribution in [1.82, 2.24) is 10.7 Å². The lowest BCUT2D eigenvalue weighted by molar-refractivity contribution is -0.121. The maximum absolute atomic E-state index is 12.1. The van der Waals surface area contributed by atoms with E-state index in [2.05, 4.69) is 29.7 Å². The van der Waals surface area contributed by atoms with Gasteiger partial charge in [0.25, 0.3) is 5.91 Å². The topological polar surface area (TPSA) is 79.8 Å². The first-order valence-corrected chi connectivity index (χ1v) is 7.39. The predicted octanol–water partition coefficient (Wildman–Crippen LogP) is 1.11. The normalized spacial score (nSPS) is 25.6. The summed E-state index contributed by atoms with van der Waals surface area (Å²) < 4.78 is 5.90. The predicted molar refractivity (Wildman–Crippen MR) is 75.2 cm³/mol. The Labute approximate surface area is 119 Å². The van der Waals surface area contributed by atoms with Crippen LogP contribution in [-0.4, -0.2) is 35.8 Å². The molecule has 0 aromatic carbocycles. The molecular formula is C14H23N3O3. The smallest absolute Gasteiger partial charge is 0.267 e. The van der Waals surface area contributed by atoms with Crippen LogP contribution in [-0.2, 0) is 14.3 Å². The van der Waals surface area contributed by atoms with Gasteiger partial charge in [0.2, 0.25) is 5.91 Å². The summed E-state index contributed by atoms with van der Waals surface area (Å²) in [5.41, 5.74) is 2.65. The van der Waals surface area contributed by atoms with Gasteiger partial charge in [-0.25, -0.2) is 5.43 Å². The first kappa shape index (κ1) is 15.0. The van der Waals surface area contributed by atoms with Crippen LogP contribution in [0, 0.1) is 0 Å². The summed E-state index contributed by atoms with van der Waals surface area (Å²) in [6, 6.07) is 0.122. The number of nitrogens with zero attached hydrogens (tertiary/aromatic N) is 1. The molecule has 0 aliphatic carbocycles. The Morgan fingerprint density at radius 2 is 2.20 bits per heavy atom. The molecule has 2 aliphatic rings. The van der Waals surface area contributed by atoms with Gasteiger partial charge in [-0.15, -0.1) is 0 Å². The Balaban J connectivity index is 1.92. The molecule has 1 fully saturated rings. The van der Waals surface area contributed by atoms with Crippen LogP contribution in [0.25, 0.3) is 0 Å². The maximum atomic E-state index is 12.1. The molecular weight excluding hydrogens is 258 g/mol. The number of nitrogens with one attached hydrogen (secondary N) is 2. The second-order valence-electron chi connectivity index (χ2n) is 5.50. The van der Waals surface area contributed by atoms with Crippen LogP contribution < -0.4 is 10.7 Å². The van der Waals surface area contributed by atoms with E-state index in [1.165, 1.54) is 0 Å². The Morgan fingerprint density at radius 1 is 1.45 bits per heavy atom. The van der Waals surface area contributed by atoms with E-state index >= 15 is 0 Å². The summed E-state index contributed by atoms with van der Waals surface area (Å²) in [6.45, 7) is 4.92. The molecule has 1 atom stereocenters. The van der Waals surface area contributed by atoms with Crippen LogP contribution >= 0.6 is 0 Å². The fourth-order valence-corrected chi connectivity index (χ4v) is 2.80. The highest BCUT2D eigenvalue weighted by Gasteiger charge is 2.35. The summed E-state index contributed by atoms with van der Waals surface area (Å²) >= 11 is 0. The molecule has 112 valence electrons. The molecule has 6 nitrogen and oxygen atoms in total. The maximum Gasteiger partial charge on any atom is 0.267 e. The van der Waals surface area contributed by atoms with Crippen LogP contribution in [0.3, 0.4) is 0 Å². The van der Waals surface area contributed by atoms with Crippen LogP contribution in [0.5, 0.6) is 0 Å². The Morgan fingerprint density at radius 3 is 2.80 bits per heavy atom. The van der Waals surface area contributed by atoms with Gasteiger partial charge in [0.15, 0.2) is 0 Å². The van der Waals surface area contributed by atoms with E-state index in [1.807, 2.05) is 0 Å². The van der Waals surface area contributed by atoms with Gasteiger partial charge in [-0.2, -0.15) is 5.10 Å². The summed E-state index contributed by atoms with van der Waals surface area (Å²) in [5.74, 6) is -0.304. The van der Waals surface area contributed by atoms with Crippen molar-refractivity contribution in [3.05, 3.63) is 0 Å². The van der Waals surface area contributed by atoms with Gasteiger partial charge >= 0.3 is 0 Å². The number of rotatable bonds is 4. The molecule has 2 aliphatic heterocycles. The van der Waals surface area contributed by atoms with Crippen molar-refractivity contribution in [1.29, 1.82) is 0 Å². The number of hydrazone groups is 1. The lowest BCUT2D eigenvalue weighted by Crippen LogP contribution is -2.50. The molecule has 2 heterocycles. The SMILES string of the molecule is CCC1(CC)CC(NC(=O)C2=NNC(=O)CC2)CCO1. The summed E-state index contributed by atoms with van der Waals surface area (Å²) in [7, 11) is 0. The largest absolute Gasteiger partial charge is 0.375 e. The van der Waals surface area contributed by atoms with Gasteiger partial charge in [0.1, 0.15) is 5.71 Å². The van der Waals surface area contributed by atoms with Crippen molar-refractivity contribution < 1.29 is 14.3 Å². The van der Waals surface area contributed by atoms with E-state index in [1.54, 1.807) is 0 Å². The number of carbonyl (C=O) groups is 2. The number of carbonyl (C=O) groups excluding carboxylic acids is 2. The third kappa shape index (κ3) is 3.36. The molecule has 2 amide bonds.